The zero-order valence-corrected chi connectivity index (χ0v) is 18.4. The van der Waals surface area contributed by atoms with Crippen molar-refractivity contribution in [3.63, 3.8) is 0 Å². The highest BCUT2D eigenvalue weighted by molar-refractivity contribution is 6.00. The molecular formula is C22H22F3N7O2. The number of nitrogens with zero attached hydrogens (tertiary/aromatic N) is 7. The van der Waals surface area contributed by atoms with E-state index in [4.69, 9.17) is 0 Å². The second-order valence-corrected chi connectivity index (χ2v) is 8.47. The first-order valence-corrected chi connectivity index (χ1v) is 10.9. The van der Waals surface area contributed by atoms with Crippen LogP contribution in [0.2, 0.25) is 0 Å². The van der Waals surface area contributed by atoms with E-state index < -0.39 is 17.7 Å². The fourth-order valence-electron chi connectivity index (χ4n) is 4.57. The molecule has 2 fully saturated rings. The van der Waals surface area contributed by atoms with Crippen molar-refractivity contribution in [1.82, 2.24) is 24.6 Å². The fraction of sp³-hybridized carbons (Fsp3) is 0.409. The first-order chi connectivity index (χ1) is 16.2. The van der Waals surface area contributed by atoms with Crippen LogP contribution in [0.4, 0.5) is 24.7 Å². The number of fused-ring (bicyclic) bond motifs is 1. The van der Waals surface area contributed by atoms with Crippen molar-refractivity contribution in [2.24, 2.45) is 13.0 Å². The molecule has 2 aromatic heterocycles. The molecule has 4 heterocycles. The number of rotatable bonds is 3. The van der Waals surface area contributed by atoms with Gasteiger partial charge in [-0.05, 0) is 18.2 Å². The molecule has 178 valence electrons. The Hall–Kier alpha value is -3.70. The minimum atomic E-state index is -4.50. The van der Waals surface area contributed by atoms with E-state index in [1.165, 1.54) is 23.4 Å². The summed E-state index contributed by atoms with van der Waals surface area (Å²) in [5, 5.41) is 5.06. The van der Waals surface area contributed by atoms with Crippen LogP contribution in [0.3, 0.4) is 0 Å². The Labute approximate surface area is 192 Å². The molecule has 0 bridgehead atoms. The van der Waals surface area contributed by atoms with Gasteiger partial charge in [-0.2, -0.15) is 18.3 Å². The Balaban J connectivity index is 1.24. The lowest BCUT2D eigenvalue weighted by atomic mass is 10.1. The summed E-state index contributed by atoms with van der Waals surface area (Å²) in [6.45, 7) is 2.11. The topological polar surface area (TPSA) is 87.5 Å². The fourth-order valence-corrected chi connectivity index (χ4v) is 4.57. The molecule has 0 radical (unpaired) electrons. The predicted octanol–water partition coefficient (Wildman–Crippen LogP) is 2.08. The van der Waals surface area contributed by atoms with Gasteiger partial charge in [0.25, 0.3) is 0 Å². The Kier molecular flexibility index (Phi) is 5.37. The molecule has 5 rings (SSSR count). The van der Waals surface area contributed by atoms with E-state index in [-0.39, 0.29) is 30.5 Å². The van der Waals surface area contributed by atoms with E-state index in [1.54, 1.807) is 22.8 Å². The average molecular weight is 473 g/mol. The Morgan fingerprint density at radius 2 is 1.88 bits per heavy atom. The van der Waals surface area contributed by atoms with Crippen molar-refractivity contribution in [3.8, 4) is 0 Å². The maximum absolute atomic E-state index is 13.1. The number of hydrogen-bond donors (Lipinski definition) is 0. The third-order valence-corrected chi connectivity index (χ3v) is 6.36. The van der Waals surface area contributed by atoms with E-state index in [0.29, 0.717) is 26.2 Å². The van der Waals surface area contributed by atoms with Crippen molar-refractivity contribution < 1.29 is 22.8 Å². The van der Waals surface area contributed by atoms with Crippen molar-refractivity contribution in [3.05, 3.63) is 42.4 Å². The summed E-state index contributed by atoms with van der Waals surface area (Å²) in [6.07, 6.45) is -1.31. The lowest BCUT2D eigenvalue weighted by Gasteiger charge is -2.36. The van der Waals surface area contributed by atoms with Gasteiger partial charge in [-0.15, -0.1) is 0 Å². The number of benzene rings is 1. The summed E-state index contributed by atoms with van der Waals surface area (Å²) in [4.78, 5) is 39.4. The van der Waals surface area contributed by atoms with Crippen LogP contribution in [0.1, 0.15) is 12.0 Å². The number of aryl methyl sites for hydroxylation is 1. The van der Waals surface area contributed by atoms with Gasteiger partial charge in [-0.1, -0.05) is 6.07 Å². The molecule has 0 unspecified atom stereocenters. The van der Waals surface area contributed by atoms with Crippen molar-refractivity contribution in [2.75, 3.05) is 42.5 Å². The van der Waals surface area contributed by atoms with Crippen LogP contribution < -0.4 is 9.80 Å². The number of halogens is 3. The smallest absolute Gasteiger partial charge is 0.352 e. The monoisotopic (exact) mass is 473 g/mol. The minimum Gasteiger partial charge on any atom is -0.352 e. The van der Waals surface area contributed by atoms with Gasteiger partial charge in [0, 0.05) is 51.9 Å². The molecule has 2 saturated heterocycles. The third-order valence-electron chi connectivity index (χ3n) is 6.36. The first kappa shape index (κ1) is 22.1. The van der Waals surface area contributed by atoms with Crippen LogP contribution in [0, 0.1) is 5.92 Å². The van der Waals surface area contributed by atoms with Gasteiger partial charge < -0.3 is 14.7 Å². The van der Waals surface area contributed by atoms with Crippen LogP contribution in [-0.4, -0.2) is 69.2 Å². The Morgan fingerprint density at radius 1 is 1.12 bits per heavy atom. The molecule has 0 saturated carbocycles. The van der Waals surface area contributed by atoms with Crippen LogP contribution in [0.25, 0.3) is 11.0 Å². The molecule has 0 aliphatic carbocycles. The summed E-state index contributed by atoms with van der Waals surface area (Å²) >= 11 is 0. The zero-order valence-electron chi connectivity index (χ0n) is 18.4. The second kappa shape index (κ2) is 8.26. The highest BCUT2D eigenvalue weighted by Gasteiger charge is 2.39. The lowest BCUT2D eigenvalue weighted by molar-refractivity contribution is -0.137. The number of carbonyl (C=O) groups excluding carboxylic acids is 2. The quantitative estimate of drug-likeness (QED) is 0.579. The van der Waals surface area contributed by atoms with Gasteiger partial charge in [0.2, 0.25) is 11.8 Å². The van der Waals surface area contributed by atoms with Crippen LogP contribution >= 0.6 is 0 Å². The summed E-state index contributed by atoms with van der Waals surface area (Å²) in [5.74, 6) is -0.331. The van der Waals surface area contributed by atoms with Gasteiger partial charge >= 0.3 is 6.18 Å². The Bertz CT molecular complexity index is 1250. The molecule has 0 N–H and O–H groups in total. The SMILES string of the molecule is Cn1ncc2c(N3CCN(C(=O)[C@H]4CC(=O)N(c5cccc(C(F)(F)F)c5)C4)CC3)ncnc21. The van der Waals surface area contributed by atoms with E-state index in [2.05, 4.69) is 20.0 Å². The molecule has 1 aromatic carbocycles. The number of hydrogen-bond acceptors (Lipinski definition) is 6. The summed E-state index contributed by atoms with van der Waals surface area (Å²) < 4.78 is 40.9. The predicted molar refractivity (Wildman–Crippen MR) is 117 cm³/mol. The normalized spacial score (nSPS) is 19.4. The number of carbonyl (C=O) groups is 2. The van der Waals surface area contributed by atoms with Crippen molar-refractivity contribution in [1.29, 1.82) is 0 Å². The van der Waals surface area contributed by atoms with Gasteiger partial charge in [0.15, 0.2) is 5.65 Å². The van der Waals surface area contributed by atoms with Gasteiger partial charge in [-0.25, -0.2) is 9.97 Å². The molecule has 12 heteroatoms. The first-order valence-electron chi connectivity index (χ1n) is 10.9. The average Bonchev–Trinajstić information content (AvgIpc) is 3.41. The van der Waals surface area contributed by atoms with Crippen LogP contribution in [0.15, 0.2) is 36.8 Å². The lowest BCUT2D eigenvalue weighted by Crippen LogP contribution is -2.51. The highest BCUT2D eigenvalue weighted by atomic mass is 19.4. The Morgan fingerprint density at radius 3 is 2.62 bits per heavy atom. The number of aromatic nitrogens is 4. The van der Waals surface area contributed by atoms with Gasteiger partial charge in [0.05, 0.1) is 23.1 Å². The highest BCUT2D eigenvalue weighted by Crippen LogP contribution is 2.34. The summed E-state index contributed by atoms with van der Waals surface area (Å²) in [6, 6.07) is 4.64. The van der Waals surface area contributed by atoms with Crippen LogP contribution in [-0.2, 0) is 22.8 Å². The number of piperazine rings is 1. The maximum Gasteiger partial charge on any atom is 0.416 e. The molecule has 0 spiro atoms. The molecule has 34 heavy (non-hydrogen) atoms. The van der Waals surface area contributed by atoms with Crippen molar-refractivity contribution >= 4 is 34.4 Å². The number of amides is 2. The summed E-state index contributed by atoms with van der Waals surface area (Å²) in [7, 11) is 1.81. The standard InChI is InChI=1S/C22H22F3N7O2/c1-29-19-17(11-28-29)20(27-13-26-19)30-5-7-31(8-6-30)21(34)14-9-18(33)32(12-14)16-4-2-3-15(10-16)22(23,24)25/h2-4,10-11,13-14H,5-9,12H2,1H3/t14-/m0/s1. The van der Waals surface area contributed by atoms with Crippen LogP contribution in [0.5, 0.6) is 0 Å². The maximum atomic E-state index is 13.1. The van der Waals surface area contributed by atoms with E-state index >= 15 is 0 Å². The molecule has 9 nitrogen and oxygen atoms in total. The molecule has 3 aromatic rings. The summed E-state index contributed by atoms with van der Waals surface area (Å²) in [5.41, 5.74) is 0.0583. The molecule has 2 aliphatic heterocycles. The van der Waals surface area contributed by atoms with Crippen molar-refractivity contribution in [2.45, 2.75) is 12.6 Å². The van der Waals surface area contributed by atoms with E-state index in [9.17, 15) is 22.8 Å². The third kappa shape index (κ3) is 3.93. The van der Waals surface area contributed by atoms with E-state index in [1.807, 2.05) is 0 Å². The van der Waals surface area contributed by atoms with Gasteiger partial charge in [0.1, 0.15) is 12.1 Å². The second-order valence-electron chi connectivity index (χ2n) is 8.47. The minimum absolute atomic E-state index is 0.0164. The number of anilines is 2. The molecule has 2 aliphatic rings. The van der Waals surface area contributed by atoms with E-state index in [0.717, 1.165) is 29.0 Å². The molecular weight excluding hydrogens is 451 g/mol. The number of alkyl halides is 3. The molecule has 1 atom stereocenters. The van der Waals surface area contributed by atoms with Gasteiger partial charge in [-0.3, -0.25) is 14.3 Å². The largest absolute Gasteiger partial charge is 0.416 e. The zero-order chi connectivity index (χ0) is 24.0. The molecule has 2 amide bonds.